The molecule has 1 saturated carbocycles. The van der Waals surface area contributed by atoms with E-state index in [2.05, 4.69) is 15.8 Å². The van der Waals surface area contributed by atoms with E-state index < -0.39 is 11.9 Å². The fraction of sp³-hybridized carbons (Fsp3) is 0.346. The first-order chi connectivity index (χ1) is 16.3. The molecule has 4 N–H and O–H groups in total. The number of aliphatic imine (C=N–C) groups is 1. The van der Waals surface area contributed by atoms with Gasteiger partial charge in [0.15, 0.2) is 0 Å². The summed E-state index contributed by atoms with van der Waals surface area (Å²) < 4.78 is 0. The summed E-state index contributed by atoms with van der Waals surface area (Å²) in [6, 6.07) is 11.1. The SMILES string of the molecule is CC=C1N=C(NNc2cccc(C3CCCC(C(=O)O)C3)c2O)C(=O)N1c1ccc(C)c(C)c1. The molecule has 0 spiro atoms. The maximum Gasteiger partial charge on any atom is 0.306 e. The first kappa shape index (κ1) is 23.4. The van der Waals surface area contributed by atoms with E-state index >= 15 is 0 Å². The lowest BCUT2D eigenvalue weighted by Crippen LogP contribution is -2.39. The molecule has 2 aromatic rings. The Bertz CT molecular complexity index is 1190. The molecule has 8 nitrogen and oxygen atoms in total. The van der Waals surface area contributed by atoms with Gasteiger partial charge in [0.1, 0.15) is 11.6 Å². The highest BCUT2D eigenvalue weighted by molar-refractivity contribution is 6.46. The maximum absolute atomic E-state index is 13.1. The number of amides is 1. The minimum Gasteiger partial charge on any atom is -0.505 e. The van der Waals surface area contributed by atoms with E-state index in [1.54, 1.807) is 23.1 Å². The average Bonchev–Trinajstić information content (AvgIpc) is 3.15. The molecule has 2 unspecified atom stereocenters. The number of anilines is 2. The van der Waals surface area contributed by atoms with Crippen LogP contribution in [-0.2, 0) is 9.59 Å². The summed E-state index contributed by atoms with van der Waals surface area (Å²) >= 11 is 0. The molecule has 178 valence electrons. The van der Waals surface area contributed by atoms with Crippen molar-refractivity contribution in [1.82, 2.24) is 5.43 Å². The van der Waals surface area contributed by atoms with E-state index in [0.717, 1.165) is 29.7 Å². The van der Waals surface area contributed by atoms with Crippen molar-refractivity contribution in [2.24, 2.45) is 10.9 Å². The van der Waals surface area contributed by atoms with Gasteiger partial charge >= 0.3 is 11.9 Å². The van der Waals surface area contributed by atoms with Gasteiger partial charge in [0, 0.05) is 0 Å². The predicted molar refractivity (Wildman–Crippen MR) is 132 cm³/mol. The second-order valence-electron chi connectivity index (χ2n) is 8.91. The number of hydrogen-bond donors (Lipinski definition) is 4. The number of carbonyl (C=O) groups excluding carboxylic acids is 1. The summed E-state index contributed by atoms with van der Waals surface area (Å²) in [6.45, 7) is 5.84. The van der Waals surface area contributed by atoms with Crippen molar-refractivity contribution in [3.05, 3.63) is 65.0 Å². The monoisotopic (exact) mass is 462 g/mol. The minimum absolute atomic E-state index is 0.0306. The molecule has 0 aromatic heterocycles. The zero-order chi connectivity index (χ0) is 24.4. The van der Waals surface area contributed by atoms with Crippen LogP contribution in [0.5, 0.6) is 5.75 Å². The topological polar surface area (TPSA) is 114 Å². The molecule has 1 aliphatic heterocycles. The van der Waals surface area contributed by atoms with Gasteiger partial charge in [-0.25, -0.2) is 4.99 Å². The van der Waals surface area contributed by atoms with Crippen molar-refractivity contribution in [3.8, 4) is 5.75 Å². The number of para-hydroxylation sites is 1. The molecule has 0 radical (unpaired) electrons. The molecule has 1 fully saturated rings. The van der Waals surface area contributed by atoms with Gasteiger partial charge in [0.2, 0.25) is 5.84 Å². The Labute approximate surface area is 199 Å². The van der Waals surface area contributed by atoms with Crippen LogP contribution in [0, 0.1) is 19.8 Å². The van der Waals surface area contributed by atoms with Gasteiger partial charge < -0.3 is 10.2 Å². The van der Waals surface area contributed by atoms with E-state index in [9.17, 15) is 19.8 Å². The third-order valence-corrected chi connectivity index (χ3v) is 6.71. The van der Waals surface area contributed by atoms with Crippen LogP contribution < -0.4 is 15.8 Å². The fourth-order valence-corrected chi connectivity index (χ4v) is 4.63. The van der Waals surface area contributed by atoms with Crippen LogP contribution >= 0.6 is 0 Å². The van der Waals surface area contributed by atoms with Crippen LogP contribution in [0.2, 0.25) is 0 Å². The highest BCUT2D eigenvalue weighted by Crippen LogP contribution is 2.42. The molecule has 0 saturated heterocycles. The smallest absolute Gasteiger partial charge is 0.306 e. The normalized spacial score (nSPS) is 21.5. The van der Waals surface area contributed by atoms with E-state index in [-0.39, 0.29) is 23.4 Å². The summed E-state index contributed by atoms with van der Waals surface area (Å²) in [4.78, 5) is 30.5. The Hall–Kier alpha value is -3.81. The number of hydrogen-bond acceptors (Lipinski definition) is 6. The first-order valence-electron chi connectivity index (χ1n) is 11.5. The maximum atomic E-state index is 13.1. The van der Waals surface area contributed by atoms with Crippen molar-refractivity contribution in [3.63, 3.8) is 0 Å². The summed E-state index contributed by atoms with van der Waals surface area (Å²) in [5.41, 5.74) is 9.83. The summed E-state index contributed by atoms with van der Waals surface area (Å²) in [6.07, 6.45) is 4.57. The molecule has 34 heavy (non-hydrogen) atoms. The Morgan fingerprint density at radius 3 is 2.65 bits per heavy atom. The molecule has 0 bridgehead atoms. The second-order valence-corrected chi connectivity index (χ2v) is 8.91. The first-order valence-corrected chi connectivity index (χ1v) is 11.5. The molecule has 8 heteroatoms. The van der Waals surface area contributed by atoms with E-state index in [4.69, 9.17) is 0 Å². The number of aromatic hydroxyl groups is 1. The molecule has 1 amide bonds. The number of phenolic OH excluding ortho intramolecular Hbond substituents is 1. The lowest BCUT2D eigenvalue weighted by molar-refractivity contribution is -0.143. The number of amidine groups is 1. The van der Waals surface area contributed by atoms with Gasteiger partial charge in [0.25, 0.3) is 0 Å². The number of allylic oxidation sites excluding steroid dienone is 1. The number of aliphatic carboxylic acids is 1. The van der Waals surface area contributed by atoms with Crippen molar-refractivity contribution in [2.75, 3.05) is 10.3 Å². The Kier molecular flexibility index (Phi) is 6.58. The highest BCUT2D eigenvalue weighted by atomic mass is 16.4. The Morgan fingerprint density at radius 1 is 1.15 bits per heavy atom. The van der Waals surface area contributed by atoms with Gasteiger partial charge in [0.05, 0.1) is 17.3 Å². The van der Waals surface area contributed by atoms with Gasteiger partial charge in [-0.05, 0) is 86.9 Å². The van der Waals surface area contributed by atoms with Crippen molar-refractivity contribution >= 4 is 29.1 Å². The Balaban J connectivity index is 1.50. The number of rotatable bonds is 5. The van der Waals surface area contributed by atoms with Crippen LogP contribution in [0.15, 0.2) is 53.3 Å². The molecule has 2 aromatic carbocycles. The number of phenols is 1. The van der Waals surface area contributed by atoms with Crippen LogP contribution in [0.3, 0.4) is 0 Å². The molecular weight excluding hydrogens is 432 g/mol. The number of aryl methyl sites for hydroxylation is 2. The van der Waals surface area contributed by atoms with Gasteiger partial charge in [-0.3, -0.25) is 25.3 Å². The molecule has 2 atom stereocenters. The number of nitrogens with one attached hydrogen (secondary N) is 2. The average molecular weight is 463 g/mol. The van der Waals surface area contributed by atoms with Crippen LogP contribution in [0.4, 0.5) is 11.4 Å². The second kappa shape index (κ2) is 9.59. The number of carbonyl (C=O) groups is 2. The lowest BCUT2D eigenvalue weighted by atomic mass is 9.77. The number of nitrogens with zero attached hydrogens (tertiary/aromatic N) is 2. The van der Waals surface area contributed by atoms with Gasteiger partial charge in [-0.1, -0.05) is 24.6 Å². The van der Waals surface area contributed by atoms with Crippen molar-refractivity contribution in [1.29, 1.82) is 0 Å². The van der Waals surface area contributed by atoms with Crippen molar-refractivity contribution in [2.45, 2.75) is 52.4 Å². The molecular formula is C26H30N4O4. The zero-order valence-electron chi connectivity index (χ0n) is 19.6. The van der Waals surface area contributed by atoms with Gasteiger partial charge in [-0.2, -0.15) is 0 Å². The third kappa shape index (κ3) is 4.48. The van der Waals surface area contributed by atoms with E-state index in [0.29, 0.717) is 29.9 Å². The summed E-state index contributed by atoms with van der Waals surface area (Å²) in [7, 11) is 0. The fourth-order valence-electron chi connectivity index (χ4n) is 4.63. The quantitative estimate of drug-likeness (QED) is 0.382. The summed E-state index contributed by atoms with van der Waals surface area (Å²) in [5, 5.41) is 20.3. The molecule has 4 rings (SSSR count). The van der Waals surface area contributed by atoms with Crippen LogP contribution in [0.25, 0.3) is 0 Å². The minimum atomic E-state index is -0.786. The highest BCUT2D eigenvalue weighted by Gasteiger charge is 2.32. The zero-order valence-corrected chi connectivity index (χ0v) is 19.6. The largest absolute Gasteiger partial charge is 0.505 e. The molecule has 2 aliphatic rings. The van der Waals surface area contributed by atoms with Gasteiger partial charge in [-0.15, -0.1) is 0 Å². The number of hydrazine groups is 1. The molecule has 1 heterocycles. The lowest BCUT2D eigenvalue weighted by Gasteiger charge is -2.28. The summed E-state index contributed by atoms with van der Waals surface area (Å²) in [5.74, 6) is -0.848. The molecule has 1 aliphatic carbocycles. The predicted octanol–water partition coefficient (Wildman–Crippen LogP) is 4.59. The van der Waals surface area contributed by atoms with E-state index in [1.165, 1.54) is 0 Å². The van der Waals surface area contributed by atoms with Crippen LogP contribution in [-0.4, -0.2) is 27.9 Å². The number of carboxylic acids is 1. The standard InChI is InChI=1S/C26H30N4O4/c1-4-22-27-24(25(32)30(22)19-12-11-15(2)16(3)13-19)29-28-21-10-6-9-20(23(21)31)17-7-5-8-18(14-17)26(33)34/h4,6,9-13,17-18,28,31H,5,7-8,14H2,1-3H3,(H,27,29)(H,33,34). The third-order valence-electron chi connectivity index (χ3n) is 6.71. The van der Waals surface area contributed by atoms with E-state index in [1.807, 2.05) is 45.0 Å². The number of carboxylic acid groups (broad SMARTS) is 1. The number of benzene rings is 2. The van der Waals surface area contributed by atoms with Crippen LogP contribution in [0.1, 0.15) is 55.2 Å². The Morgan fingerprint density at radius 2 is 1.94 bits per heavy atom. The van der Waals surface area contributed by atoms with Crippen molar-refractivity contribution < 1.29 is 19.8 Å².